The predicted molar refractivity (Wildman–Crippen MR) is 62.7 cm³/mol. The van der Waals surface area contributed by atoms with Gasteiger partial charge in [-0.15, -0.1) is 0 Å². The summed E-state index contributed by atoms with van der Waals surface area (Å²) in [4.78, 5) is 0. The van der Waals surface area contributed by atoms with Gasteiger partial charge >= 0.3 is 0 Å². The zero-order valence-corrected chi connectivity index (χ0v) is 9.75. The third kappa shape index (κ3) is 2.43. The zero-order valence-electron chi connectivity index (χ0n) is 8.93. The molecule has 2 aromatic rings. The molecule has 1 aromatic carbocycles. The van der Waals surface area contributed by atoms with Gasteiger partial charge < -0.3 is 10.2 Å². The predicted octanol–water partition coefficient (Wildman–Crippen LogP) is 1.44. The van der Waals surface area contributed by atoms with E-state index in [2.05, 4.69) is 0 Å². The summed E-state index contributed by atoms with van der Waals surface area (Å²) in [5.74, 6) is 0.395. The Balaban J connectivity index is 2.44. The lowest BCUT2D eigenvalue weighted by molar-refractivity contribution is 0.556. The molecule has 1 aromatic heterocycles. The van der Waals surface area contributed by atoms with E-state index in [9.17, 15) is 8.42 Å². The Labute approximate surface area is 94.0 Å². The van der Waals surface area contributed by atoms with Crippen LogP contribution in [0.3, 0.4) is 0 Å². The highest BCUT2D eigenvalue weighted by atomic mass is 32.2. The molecule has 0 amide bonds. The Morgan fingerprint density at radius 3 is 2.69 bits per heavy atom. The topological polar surface area (TPSA) is 73.3 Å². The SMILES string of the molecule is CS(=O)(=O)Cc1cc2cc(CN)ccc2o1. The summed E-state index contributed by atoms with van der Waals surface area (Å²) in [7, 11) is -3.06. The van der Waals surface area contributed by atoms with Crippen LogP contribution >= 0.6 is 0 Å². The minimum absolute atomic E-state index is 0.0698. The van der Waals surface area contributed by atoms with Crippen molar-refractivity contribution >= 4 is 20.8 Å². The Morgan fingerprint density at radius 2 is 2.06 bits per heavy atom. The van der Waals surface area contributed by atoms with Crippen LogP contribution in [0.5, 0.6) is 0 Å². The summed E-state index contributed by atoms with van der Waals surface area (Å²) in [6, 6.07) is 7.33. The highest BCUT2D eigenvalue weighted by molar-refractivity contribution is 7.89. The molecule has 0 bridgehead atoms. The molecular formula is C11H13NO3S. The van der Waals surface area contributed by atoms with Crippen molar-refractivity contribution in [3.63, 3.8) is 0 Å². The van der Waals surface area contributed by atoms with Crippen molar-refractivity contribution < 1.29 is 12.8 Å². The monoisotopic (exact) mass is 239 g/mol. The molecular weight excluding hydrogens is 226 g/mol. The fourth-order valence-electron chi connectivity index (χ4n) is 1.60. The van der Waals surface area contributed by atoms with Gasteiger partial charge in [0.25, 0.3) is 0 Å². The summed E-state index contributed by atoms with van der Waals surface area (Å²) in [6.45, 7) is 0.461. The van der Waals surface area contributed by atoms with E-state index in [1.54, 1.807) is 6.07 Å². The molecule has 1 heterocycles. The molecule has 0 aliphatic heterocycles. The average molecular weight is 239 g/mol. The quantitative estimate of drug-likeness (QED) is 0.879. The number of fused-ring (bicyclic) bond motifs is 1. The Kier molecular flexibility index (Phi) is 2.73. The van der Waals surface area contributed by atoms with Gasteiger partial charge in [0.15, 0.2) is 9.84 Å². The number of hydrogen-bond donors (Lipinski definition) is 1. The molecule has 2 rings (SSSR count). The number of rotatable bonds is 3. The number of hydrogen-bond acceptors (Lipinski definition) is 4. The molecule has 0 fully saturated rings. The summed E-state index contributed by atoms with van der Waals surface area (Å²) in [5.41, 5.74) is 7.21. The number of sulfone groups is 1. The molecule has 4 nitrogen and oxygen atoms in total. The summed E-state index contributed by atoms with van der Waals surface area (Å²) < 4.78 is 27.7. The minimum Gasteiger partial charge on any atom is -0.460 e. The third-order valence-electron chi connectivity index (χ3n) is 2.27. The van der Waals surface area contributed by atoms with Crippen LogP contribution in [0, 0.1) is 0 Å². The lowest BCUT2D eigenvalue weighted by Crippen LogP contribution is -1.98. The summed E-state index contributed by atoms with van der Waals surface area (Å²) in [6.07, 6.45) is 1.19. The smallest absolute Gasteiger partial charge is 0.154 e. The van der Waals surface area contributed by atoms with Gasteiger partial charge in [0.2, 0.25) is 0 Å². The van der Waals surface area contributed by atoms with Crippen LogP contribution in [0.1, 0.15) is 11.3 Å². The first-order valence-electron chi connectivity index (χ1n) is 4.87. The molecule has 16 heavy (non-hydrogen) atoms. The van der Waals surface area contributed by atoms with E-state index >= 15 is 0 Å². The van der Waals surface area contributed by atoms with E-state index in [0.717, 1.165) is 10.9 Å². The van der Waals surface area contributed by atoms with Crippen LogP contribution in [0.25, 0.3) is 11.0 Å². The van der Waals surface area contributed by atoms with E-state index in [0.29, 0.717) is 17.9 Å². The van der Waals surface area contributed by atoms with Crippen molar-refractivity contribution in [2.24, 2.45) is 5.73 Å². The van der Waals surface area contributed by atoms with E-state index in [1.807, 2.05) is 18.2 Å². The largest absolute Gasteiger partial charge is 0.460 e. The first-order valence-corrected chi connectivity index (χ1v) is 6.93. The van der Waals surface area contributed by atoms with Crippen LogP contribution < -0.4 is 5.73 Å². The van der Waals surface area contributed by atoms with Crippen LogP contribution in [0.4, 0.5) is 0 Å². The number of benzene rings is 1. The molecule has 0 aliphatic carbocycles. The van der Waals surface area contributed by atoms with E-state index < -0.39 is 9.84 Å². The van der Waals surface area contributed by atoms with Crippen molar-refractivity contribution in [2.45, 2.75) is 12.3 Å². The second-order valence-corrected chi connectivity index (χ2v) is 6.00. The molecule has 0 unspecified atom stereocenters. The maximum absolute atomic E-state index is 11.1. The van der Waals surface area contributed by atoms with Crippen LogP contribution in [-0.4, -0.2) is 14.7 Å². The normalized spacial score (nSPS) is 12.1. The fraction of sp³-hybridized carbons (Fsp3) is 0.273. The molecule has 0 saturated heterocycles. The van der Waals surface area contributed by atoms with E-state index in [4.69, 9.17) is 10.2 Å². The second kappa shape index (κ2) is 3.92. The molecule has 2 N–H and O–H groups in total. The van der Waals surface area contributed by atoms with Crippen molar-refractivity contribution in [2.75, 3.05) is 6.26 Å². The van der Waals surface area contributed by atoms with Crippen LogP contribution in [-0.2, 0) is 22.1 Å². The van der Waals surface area contributed by atoms with Gasteiger partial charge in [-0.05, 0) is 23.8 Å². The number of nitrogens with two attached hydrogens (primary N) is 1. The van der Waals surface area contributed by atoms with Gasteiger partial charge in [-0.1, -0.05) is 6.07 Å². The van der Waals surface area contributed by atoms with Gasteiger partial charge in [0.05, 0.1) is 0 Å². The van der Waals surface area contributed by atoms with Gasteiger partial charge in [-0.3, -0.25) is 0 Å². The first-order chi connectivity index (χ1) is 7.48. The highest BCUT2D eigenvalue weighted by Crippen LogP contribution is 2.21. The maximum atomic E-state index is 11.1. The first kappa shape index (κ1) is 11.2. The summed E-state index contributed by atoms with van der Waals surface area (Å²) >= 11 is 0. The van der Waals surface area contributed by atoms with Gasteiger partial charge in [0, 0.05) is 18.2 Å². The maximum Gasteiger partial charge on any atom is 0.154 e. The zero-order chi connectivity index (χ0) is 11.8. The standard InChI is InChI=1S/C11H13NO3S/c1-16(13,14)7-10-5-9-4-8(6-12)2-3-11(9)15-10/h2-5H,6-7,12H2,1H3. The van der Waals surface area contributed by atoms with Gasteiger partial charge in [-0.25, -0.2) is 8.42 Å². The van der Waals surface area contributed by atoms with Crippen molar-refractivity contribution in [3.05, 3.63) is 35.6 Å². The summed E-state index contributed by atoms with van der Waals surface area (Å²) in [5, 5.41) is 0.890. The number of furan rings is 1. The Morgan fingerprint density at radius 1 is 1.31 bits per heavy atom. The Hall–Kier alpha value is -1.33. The average Bonchev–Trinajstić information content (AvgIpc) is 2.55. The molecule has 86 valence electrons. The lowest BCUT2D eigenvalue weighted by Gasteiger charge is -1.94. The van der Waals surface area contributed by atoms with Crippen LogP contribution in [0.2, 0.25) is 0 Å². The molecule has 0 saturated carbocycles. The van der Waals surface area contributed by atoms with Crippen molar-refractivity contribution in [1.29, 1.82) is 0 Å². The second-order valence-electron chi connectivity index (χ2n) is 3.86. The molecule has 0 aliphatic rings. The third-order valence-corrected chi connectivity index (χ3v) is 3.08. The van der Waals surface area contributed by atoms with Gasteiger partial charge in [-0.2, -0.15) is 0 Å². The molecule has 5 heteroatoms. The molecule has 0 atom stereocenters. The highest BCUT2D eigenvalue weighted by Gasteiger charge is 2.10. The van der Waals surface area contributed by atoms with Crippen molar-refractivity contribution in [3.8, 4) is 0 Å². The van der Waals surface area contributed by atoms with Crippen LogP contribution in [0.15, 0.2) is 28.7 Å². The minimum atomic E-state index is -3.06. The lowest BCUT2D eigenvalue weighted by atomic mass is 10.1. The van der Waals surface area contributed by atoms with Gasteiger partial charge in [0.1, 0.15) is 17.1 Å². The molecule has 0 spiro atoms. The van der Waals surface area contributed by atoms with E-state index in [1.165, 1.54) is 6.26 Å². The van der Waals surface area contributed by atoms with E-state index in [-0.39, 0.29) is 5.75 Å². The molecule has 0 radical (unpaired) electrons. The fourth-order valence-corrected chi connectivity index (χ4v) is 2.26. The Bertz CT molecular complexity index is 613. The van der Waals surface area contributed by atoms with Crippen molar-refractivity contribution in [1.82, 2.24) is 0 Å².